The molecule has 5 heteroatoms. The normalized spacial score (nSPS) is 112. The van der Waals surface area contributed by atoms with Crippen molar-refractivity contribution in [3.63, 3.8) is 0 Å². The standard InChI is InChI=1S/2C5H5.2CHNO.Fe/c2*1-2-4-5-3-1;2*2-1-3;/h2*1-5H;2*2H;. The SMILES string of the molecule is N=C=O.N=C=O.[CH]12[CH]3[CH]4[CH]5[CH]1[Fe]23451678[CH]2[CH]1[CH]6[CH]7[CH]28. The van der Waals surface area contributed by atoms with Crippen LogP contribution in [-0.4, -0.2) is 12.2 Å². The number of fused-ring (bicyclic) bond motifs is 10. The van der Waals surface area contributed by atoms with Crippen molar-refractivity contribution in [3.8, 4) is 0 Å². The van der Waals surface area contributed by atoms with Gasteiger partial charge in [0.05, 0.1) is 0 Å². The van der Waals surface area contributed by atoms with Gasteiger partial charge in [0, 0.05) is 0 Å². The van der Waals surface area contributed by atoms with Crippen LogP contribution in [0.4, 0.5) is 0 Å². The maximum absolute atomic E-state index is 8.35. The zero-order valence-corrected chi connectivity index (χ0v) is 10.0. The van der Waals surface area contributed by atoms with E-state index in [2.05, 4.69) is 0 Å². The van der Waals surface area contributed by atoms with Gasteiger partial charge in [-0.3, -0.25) is 0 Å². The molecule has 10 aliphatic rings. The number of nitrogens with one attached hydrogen (secondary N) is 2. The summed E-state index contributed by atoms with van der Waals surface area (Å²) in [4.78, 5) is 32.6. The molecule has 0 radical (unpaired) electrons. The van der Waals surface area contributed by atoms with E-state index in [0.29, 0.717) is 0 Å². The zero-order chi connectivity index (χ0) is 11.5. The van der Waals surface area contributed by atoms with Gasteiger partial charge in [0.2, 0.25) is 12.2 Å². The molecule has 90 valence electrons. The molecule has 0 saturated carbocycles. The van der Waals surface area contributed by atoms with Gasteiger partial charge in [-0.05, 0) is 0 Å². The van der Waals surface area contributed by atoms with E-state index in [1.807, 2.05) is 0 Å². The van der Waals surface area contributed by atoms with Crippen molar-refractivity contribution in [1.29, 1.82) is 10.8 Å². The van der Waals surface area contributed by atoms with Gasteiger partial charge in [-0.25, -0.2) is 20.4 Å². The van der Waals surface area contributed by atoms with Crippen LogP contribution in [0, 0.1) is 10.8 Å². The molecule has 10 aliphatic heterocycles. The van der Waals surface area contributed by atoms with Crippen molar-refractivity contribution in [2.45, 2.75) is 48.2 Å². The fourth-order valence-corrected chi connectivity index (χ4v) is 88.0. The summed E-state index contributed by atoms with van der Waals surface area (Å²) in [6.07, 6.45) is 1.50. The van der Waals surface area contributed by atoms with E-state index >= 15 is 0 Å². The van der Waals surface area contributed by atoms with E-state index in [9.17, 15) is 0 Å². The monoisotopic (exact) mass is 272 g/mol. The Morgan fingerprint density at radius 3 is 0.706 bits per heavy atom. The maximum atomic E-state index is 8.35. The molecule has 10 rings (SSSR count). The van der Waals surface area contributed by atoms with Crippen molar-refractivity contribution in [2.24, 2.45) is 0 Å². The molecule has 0 unspecified atom stereocenters. The third kappa shape index (κ3) is 0.0678. The molecule has 0 bridgehead atoms. The van der Waals surface area contributed by atoms with Crippen LogP contribution >= 0.6 is 0 Å². The minimum atomic E-state index is -2.28. The van der Waals surface area contributed by atoms with E-state index in [-0.39, 0.29) is 0 Å². The van der Waals surface area contributed by atoms with E-state index < -0.39 is 6.51 Å². The van der Waals surface area contributed by atoms with Crippen LogP contribution in [-0.2, 0) is 16.1 Å². The molecule has 10 saturated heterocycles. The topological polar surface area (TPSA) is 81.8 Å². The molecule has 0 aromatic rings. The summed E-state index contributed by atoms with van der Waals surface area (Å²) in [7, 11) is 0. The summed E-state index contributed by atoms with van der Waals surface area (Å²) in [5.41, 5.74) is 0. The number of carbonyl (C=O) groups excluding carboxylic acids is 2. The Labute approximate surface area is 87.4 Å². The van der Waals surface area contributed by atoms with Crippen LogP contribution in [0.15, 0.2) is 0 Å². The van der Waals surface area contributed by atoms with Crippen LogP contribution < -0.4 is 0 Å². The molecule has 0 aromatic heterocycles. The van der Waals surface area contributed by atoms with Crippen molar-refractivity contribution < 1.29 is 16.1 Å². The van der Waals surface area contributed by atoms with E-state index in [1.165, 1.54) is 0 Å². The van der Waals surface area contributed by atoms with E-state index in [4.69, 9.17) is 20.4 Å². The number of hydrogen-bond donors (Lipinski definition) is 2. The molecule has 0 aromatic carbocycles. The quantitative estimate of drug-likeness (QED) is 0.403. The second-order valence-corrected chi connectivity index (χ2v) is 33.7. The van der Waals surface area contributed by atoms with E-state index in [0.717, 1.165) is 12.2 Å². The van der Waals surface area contributed by atoms with Gasteiger partial charge >= 0.3 is 54.7 Å². The predicted molar refractivity (Wildman–Crippen MR) is 54.3 cm³/mol. The summed E-state index contributed by atoms with van der Waals surface area (Å²) in [5, 5.41) is 10.8. The van der Waals surface area contributed by atoms with Crippen LogP contribution in [0.25, 0.3) is 0 Å². The van der Waals surface area contributed by atoms with Crippen LogP contribution in [0.3, 0.4) is 0 Å². The zero-order valence-electron chi connectivity index (χ0n) is 8.94. The fraction of sp³-hybridized carbons (Fsp3) is 0.833. The molecular formula is C12H12FeN2O2. The third-order valence-corrected chi connectivity index (χ3v) is 56.5. The average Bonchev–Trinajstić information content (AvgIpc) is 3.26. The molecule has 1 spiro atoms. The van der Waals surface area contributed by atoms with Gasteiger partial charge < -0.3 is 0 Å². The minimum absolute atomic E-state index is 0.750. The summed E-state index contributed by atoms with van der Waals surface area (Å²) in [6, 6.07) is 0. The molecule has 10 fully saturated rings. The van der Waals surface area contributed by atoms with Crippen molar-refractivity contribution in [2.75, 3.05) is 0 Å². The Balaban J connectivity index is 0.0000000965. The van der Waals surface area contributed by atoms with Crippen molar-refractivity contribution in [1.82, 2.24) is 0 Å². The van der Waals surface area contributed by atoms with Gasteiger partial charge in [0.25, 0.3) is 0 Å². The summed E-state index contributed by atoms with van der Waals surface area (Å²) < 4.78 is 0. The van der Waals surface area contributed by atoms with Crippen LogP contribution in [0.2, 0.25) is 48.2 Å². The molecule has 0 atom stereocenters. The van der Waals surface area contributed by atoms with Crippen LogP contribution in [0.5, 0.6) is 0 Å². The van der Waals surface area contributed by atoms with E-state index in [1.54, 1.807) is 48.2 Å². The van der Waals surface area contributed by atoms with Gasteiger partial charge in [-0.1, -0.05) is 0 Å². The summed E-state index contributed by atoms with van der Waals surface area (Å²) in [5.74, 6) is 0. The molecule has 10 heterocycles. The molecule has 0 amide bonds. The first-order valence-electron chi connectivity index (χ1n) is 6.28. The third-order valence-electron chi connectivity index (χ3n) is 14.5. The Morgan fingerprint density at radius 1 is 0.588 bits per heavy atom. The first-order valence-corrected chi connectivity index (χ1v) is 12.7. The Morgan fingerprint density at radius 2 is 0.706 bits per heavy atom. The average molecular weight is 272 g/mol. The second-order valence-electron chi connectivity index (χ2n) is 9.79. The number of isocyanates is 2. The predicted octanol–water partition coefficient (Wildman–Crippen LogP) is 3.18. The number of hydrogen-bond acceptors (Lipinski definition) is 4. The molecular weight excluding hydrogens is 260 g/mol. The van der Waals surface area contributed by atoms with Gasteiger partial charge in [0.15, 0.2) is 0 Å². The first kappa shape index (κ1) is 7.01. The fourth-order valence-electron chi connectivity index (χ4n) is 15.8. The first-order chi connectivity index (χ1) is 7.99. The molecule has 0 aliphatic carbocycles. The van der Waals surface area contributed by atoms with Crippen LogP contribution in [0.1, 0.15) is 0 Å². The van der Waals surface area contributed by atoms with Crippen molar-refractivity contribution in [3.05, 3.63) is 0 Å². The number of rotatable bonds is 0. The Kier molecular flexibility index (Phi) is 0.221. The molecule has 17 heavy (non-hydrogen) atoms. The van der Waals surface area contributed by atoms with Gasteiger partial charge in [-0.15, -0.1) is 0 Å². The second kappa shape index (κ2) is 0.535. The Hall–Kier alpha value is -0.721. The molecule has 4 nitrogen and oxygen atoms in total. The Bertz CT molecular complexity index is 745. The van der Waals surface area contributed by atoms with Gasteiger partial charge in [0.1, 0.15) is 0 Å². The van der Waals surface area contributed by atoms with Gasteiger partial charge in [-0.2, -0.15) is 0 Å². The summed E-state index contributed by atoms with van der Waals surface area (Å²) in [6.45, 7) is -2.28. The van der Waals surface area contributed by atoms with Crippen molar-refractivity contribution >= 4 is 12.2 Å². The molecule has 2 N–H and O–H groups in total. The summed E-state index contributed by atoms with van der Waals surface area (Å²) >= 11 is 0.